The molecule has 0 aliphatic heterocycles. The molecule has 154 valence electrons. The van der Waals surface area contributed by atoms with Gasteiger partial charge in [0.25, 0.3) is 5.91 Å². The fourth-order valence-electron chi connectivity index (χ4n) is 2.25. The quantitative estimate of drug-likeness (QED) is 0.421. The average Bonchev–Trinajstić information content (AvgIpc) is 2.66. The number of hydrogen-bond donors (Lipinski definition) is 1. The first-order chi connectivity index (χ1) is 13.6. The number of rotatable bonds is 7. The number of amides is 1. The Bertz CT molecular complexity index is 930. The number of nitro groups is 1. The summed E-state index contributed by atoms with van der Waals surface area (Å²) in [6.07, 6.45) is -4.57. The zero-order valence-corrected chi connectivity index (χ0v) is 15.0. The van der Waals surface area contributed by atoms with Crippen LogP contribution in [0.15, 0.2) is 42.5 Å². The second-order valence-corrected chi connectivity index (χ2v) is 5.58. The number of esters is 1. The van der Waals surface area contributed by atoms with Gasteiger partial charge in [0, 0.05) is 11.8 Å². The third-order valence-corrected chi connectivity index (χ3v) is 3.50. The largest absolute Gasteiger partial charge is 0.487 e. The molecule has 0 aliphatic rings. The standard InChI is InChI=1S/C18H15F3N2O6/c1-2-28-15-7-6-11(8-14(15)23(26)27)17(25)29-10-16(24)22-13-5-3-4-12(9-13)18(19,20)21/h3-9H,2,10H2,1H3,(H,22,24). The Balaban J connectivity index is 2.01. The molecule has 0 saturated heterocycles. The van der Waals surface area contributed by atoms with Crippen LogP contribution in [-0.4, -0.2) is 30.0 Å². The van der Waals surface area contributed by atoms with E-state index in [0.717, 1.165) is 24.3 Å². The van der Waals surface area contributed by atoms with Crippen molar-refractivity contribution >= 4 is 23.3 Å². The number of ether oxygens (including phenoxy) is 2. The summed E-state index contributed by atoms with van der Waals surface area (Å²) >= 11 is 0. The number of nitro benzene ring substituents is 1. The van der Waals surface area contributed by atoms with Gasteiger partial charge in [0.15, 0.2) is 12.4 Å². The molecule has 2 aromatic carbocycles. The minimum atomic E-state index is -4.57. The normalized spacial score (nSPS) is 10.9. The predicted molar refractivity (Wildman–Crippen MR) is 94.6 cm³/mol. The van der Waals surface area contributed by atoms with E-state index in [1.54, 1.807) is 6.92 Å². The van der Waals surface area contributed by atoms with E-state index in [9.17, 15) is 32.9 Å². The molecule has 11 heteroatoms. The molecule has 0 radical (unpaired) electrons. The maximum Gasteiger partial charge on any atom is 0.416 e. The molecule has 0 unspecified atom stereocenters. The highest BCUT2D eigenvalue weighted by Gasteiger charge is 2.30. The molecule has 1 amide bonds. The zero-order chi connectivity index (χ0) is 21.6. The monoisotopic (exact) mass is 412 g/mol. The number of alkyl halides is 3. The summed E-state index contributed by atoms with van der Waals surface area (Å²) < 4.78 is 47.9. The molecule has 0 spiro atoms. The lowest BCUT2D eigenvalue weighted by molar-refractivity contribution is -0.385. The summed E-state index contributed by atoms with van der Waals surface area (Å²) in [6, 6.07) is 7.32. The van der Waals surface area contributed by atoms with Gasteiger partial charge in [-0.3, -0.25) is 14.9 Å². The molecule has 0 fully saturated rings. The van der Waals surface area contributed by atoms with Crippen molar-refractivity contribution in [1.82, 2.24) is 0 Å². The maximum absolute atomic E-state index is 12.7. The van der Waals surface area contributed by atoms with Gasteiger partial charge in [-0.1, -0.05) is 6.07 Å². The Kier molecular flexibility index (Phi) is 6.75. The Morgan fingerprint density at radius 1 is 1.17 bits per heavy atom. The van der Waals surface area contributed by atoms with Crippen molar-refractivity contribution in [3.63, 3.8) is 0 Å². The van der Waals surface area contributed by atoms with E-state index in [1.807, 2.05) is 0 Å². The van der Waals surface area contributed by atoms with Gasteiger partial charge in [0.2, 0.25) is 0 Å². The van der Waals surface area contributed by atoms with Gasteiger partial charge in [0.05, 0.1) is 22.7 Å². The molecule has 0 bridgehead atoms. The highest BCUT2D eigenvalue weighted by Crippen LogP contribution is 2.31. The molecule has 0 saturated carbocycles. The van der Waals surface area contributed by atoms with Gasteiger partial charge in [-0.2, -0.15) is 13.2 Å². The Hall–Kier alpha value is -3.63. The lowest BCUT2D eigenvalue weighted by Crippen LogP contribution is -2.21. The number of benzene rings is 2. The Morgan fingerprint density at radius 2 is 1.90 bits per heavy atom. The Labute approximate surface area is 162 Å². The van der Waals surface area contributed by atoms with E-state index in [0.29, 0.717) is 0 Å². The lowest BCUT2D eigenvalue weighted by atomic mass is 10.2. The molecule has 8 nitrogen and oxygen atoms in total. The highest BCUT2D eigenvalue weighted by atomic mass is 19.4. The number of carbonyl (C=O) groups is 2. The van der Waals surface area contributed by atoms with Crippen molar-refractivity contribution in [3.05, 3.63) is 63.7 Å². The van der Waals surface area contributed by atoms with Gasteiger partial charge >= 0.3 is 17.8 Å². The zero-order valence-electron chi connectivity index (χ0n) is 15.0. The molecule has 0 aromatic heterocycles. The van der Waals surface area contributed by atoms with Crippen molar-refractivity contribution in [2.45, 2.75) is 13.1 Å². The number of carbonyl (C=O) groups excluding carboxylic acids is 2. The fourth-order valence-corrected chi connectivity index (χ4v) is 2.25. The second-order valence-electron chi connectivity index (χ2n) is 5.58. The van der Waals surface area contributed by atoms with Crippen LogP contribution in [0, 0.1) is 10.1 Å². The van der Waals surface area contributed by atoms with Gasteiger partial charge in [-0.25, -0.2) is 4.79 Å². The molecule has 0 heterocycles. The fraction of sp³-hybridized carbons (Fsp3) is 0.222. The minimum Gasteiger partial charge on any atom is -0.487 e. The first-order valence-electron chi connectivity index (χ1n) is 8.17. The predicted octanol–water partition coefficient (Wildman–Crippen LogP) is 3.81. The van der Waals surface area contributed by atoms with E-state index < -0.39 is 40.8 Å². The molecule has 2 rings (SSSR count). The molecule has 0 aliphatic carbocycles. The van der Waals surface area contributed by atoms with Gasteiger partial charge in [0.1, 0.15) is 0 Å². The van der Waals surface area contributed by atoms with Crippen molar-refractivity contribution in [1.29, 1.82) is 0 Å². The third kappa shape index (κ3) is 5.92. The first-order valence-corrected chi connectivity index (χ1v) is 8.17. The first kappa shape index (κ1) is 21.7. The van der Waals surface area contributed by atoms with E-state index in [-0.39, 0.29) is 23.6 Å². The highest BCUT2D eigenvalue weighted by molar-refractivity contribution is 5.96. The molecular weight excluding hydrogens is 397 g/mol. The average molecular weight is 412 g/mol. The second kappa shape index (κ2) is 9.04. The number of nitrogens with zero attached hydrogens (tertiary/aromatic N) is 1. The lowest BCUT2D eigenvalue weighted by Gasteiger charge is -2.10. The van der Waals surface area contributed by atoms with Crippen molar-refractivity contribution in [2.75, 3.05) is 18.5 Å². The van der Waals surface area contributed by atoms with E-state index in [4.69, 9.17) is 9.47 Å². The van der Waals surface area contributed by atoms with Gasteiger partial charge in [-0.15, -0.1) is 0 Å². The number of hydrogen-bond acceptors (Lipinski definition) is 6. The van der Waals surface area contributed by atoms with Crippen molar-refractivity contribution in [3.8, 4) is 5.75 Å². The van der Waals surface area contributed by atoms with Crippen LogP contribution in [-0.2, 0) is 15.7 Å². The van der Waals surface area contributed by atoms with Crippen molar-refractivity contribution < 1.29 is 37.2 Å². The van der Waals surface area contributed by atoms with Crippen LogP contribution in [0.25, 0.3) is 0 Å². The topological polar surface area (TPSA) is 108 Å². The number of nitrogens with one attached hydrogen (secondary N) is 1. The van der Waals surface area contributed by atoms with Crippen LogP contribution in [0.1, 0.15) is 22.8 Å². The van der Waals surface area contributed by atoms with Gasteiger partial charge in [-0.05, 0) is 37.3 Å². The smallest absolute Gasteiger partial charge is 0.416 e. The van der Waals surface area contributed by atoms with Crippen LogP contribution < -0.4 is 10.1 Å². The summed E-state index contributed by atoms with van der Waals surface area (Å²) in [5.74, 6) is -1.93. The van der Waals surface area contributed by atoms with Crippen molar-refractivity contribution in [2.24, 2.45) is 0 Å². The minimum absolute atomic E-state index is 0.0312. The van der Waals surface area contributed by atoms with E-state index in [1.165, 1.54) is 18.2 Å². The molecule has 0 atom stereocenters. The van der Waals surface area contributed by atoms with Crippen LogP contribution in [0.3, 0.4) is 0 Å². The number of anilines is 1. The number of halogens is 3. The van der Waals surface area contributed by atoms with Crippen LogP contribution in [0.5, 0.6) is 5.75 Å². The molecular formula is C18H15F3N2O6. The SMILES string of the molecule is CCOc1ccc(C(=O)OCC(=O)Nc2cccc(C(F)(F)F)c2)cc1[N+](=O)[O-]. The summed E-state index contributed by atoms with van der Waals surface area (Å²) in [6.45, 7) is 1.02. The van der Waals surface area contributed by atoms with Crippen LogP contribution in [0.2, 0.25) is 0 Å². The molecule has 2 aromatic rings. The van der Waals surface area contributed by atoms with E-state index >= 15 is 0 Å². The van der Waals surface area contributed by atoms with Crippen LogP contribution >= 0.6 is 0 Å². The summed E-state index contributed by atoms with van der Waals surface area (Å²) in [5, 5.41) is 13.2. The molecule has 1 N–H and O–H groups in total. The van der Waals surface area contributed by atoms with Gasteiger partial charge < -0.3 is 14.8 Å². The maximum atomic E-state index is 12.7. The summed E-state index contributed by atoms with van der Waals surface area (Å²) in [5.41, 5.74) is -1.71. The summed E-state index contributed by atoms with van der Waals surface area (Å²) in [4.78, 5) is 34.2. The third-order valence-electron chi connectivity index (χ3n) is 3.50. The van der Waals surface area contributed by atoms with Crippen LogP contribution in [0.4, 0.5) is 24.5 Å². The Morgan fingerprint density at radius 3 is 2.52 bits per heavy atom. The molecule has 29 heavy (non-hydrogen) atoms. The van der Waals surface area contributed by atoms with E-state index in [2.05, 4.69) is 5.32 Å². The summed E-state index contributed by atoms with van der Waals surface area (Å²) in [7, 11) is 0.